The normalized spacial score (nSPS) is 12.1. The Bertz CT molecular complexity index is 1880. The van der Waals surface area contributed by atoms with Crippen LogP contribution in [-0.2, 0) is 10.0 Å². The van der Waals surface area contributed by atoms with Gasteiger partial charge in [-0.2, -0.15) is 10.4 Å². The Labute approximate surface area is 219 Å². The van der Waals surface area contributed by atoms with Crippen molar-refractivity contribution in [2.45, 2.75) is 4.90 Å². The quantitative estimate of drug-likeness (QED) is 0.335. The number of aromatic amines is 1. The molecule has 0 aliphatic heterocycles. The molecule has 0 atom stereocenters. The Morgan fingerprint density at radius 3 is 2.37 bits per heavy atom. The van der Waals surface area contributed by atoms with Crippen LogP contribution in [0.3, 0.4) is 0 Å². The van der Waals surface area contributed by atoms with Crippen LogP contribution in [0.2, 0.25) is 0 Å². The molecule has 5 rings (SSSR count). The Morgan fingerprint density at radius 1 is 1.00 bits per heavy atom. The molecule has 10 heteroatoms. The van der Waals surface area contributed by atoms with E-state index < -0.39 is 10.0 Å². The fraction of sp³-hybridized carbons (Fsp3) is 0.0714. The maximum Gasteiger partial charge on any atom is 0.259 e. The Hall–Kier alpha value is -4.85. The fourth-order valence-electron chi connectivity index (χ4n) is 3.95. The van der Waals surface area contributed by atoms with E-state index >= 15 is 0 Å². The van der Waals surface area contributed by atoms with E-state index in [2.05, 4.69) is 16.0 Å². The smallest absolute Gasteiger partial charge is 0.259 e. The molecule has 0 radical (unpaired) electrons. The van der Waals surface area contributed by atoms with E-state index in [1.54, 1.807) is 53.4 Å². The predicted octanol–water partition coefficient (Wildman–Crippen LogP) is 4.09. The van der Waals surface area contributed by atoms with Crippen LogP contribution in [-0.4, -0.2) is 46.6 Å². The van der Waals surface area contributed by atoms with Crippen molar-refractivity contribution in [3.63, 3.8) is 0 Å². The minimum atomic E-state index is -3.59. The molecule has 188 valence electrons. The monoisotopic (exact) mass is 522 g/mol. The van der Waals surface area contributed by atoms with Gasteiger partial charge in [0.05, 0.1) is 32.8 Å². The average Bonchev–Trinajstić information content (AvgIpc) is 3.36. The molecule has 0 aliphatic carbocycles. The average molecular weight is 523 g/mol. The molecular formula is C28H22N6O3S. The van der Waals surface area contributed by atoms with E-state index in [-0.39, 0.29) is 21.9 Å². The molecule has 0 aliphatic rings. The molecule has 3 aromatic carbocycles. The summed E-state index contributed by atoms with van der Waals surface area (Å²) in [7, 11) is -0.645. The number of nitrogens with zero attached hydrogens (tertiary/aromatic N) is 5. The van der Waals surface area contributed by atoms with Gasteiger partial charge in [0.15, 0.2) is 5.82 Å². The molecule has 0 saturated heterocycles. The lowest BCUT2D eigenvalue weighted by Gasteiger charge is -2.11. The number of sulfonamides is 1. The van der Waals surface area contributed by atoms with E-state index in [1.807, 2.05) is 30.3 Å². The number of fused-ring (bicyclic) bond motifs is 1. The summed E-state index contributed by atoms with van der Waals surface area (Å²) in [4.78, 5) is 19.9. The maximum absolute atomic E-state index is 12.6. The van der Waals surface area contributed by atoms with Crippen LogP contribution in [0.5, 0.6) is 0 Å². The molecule has 0 amide bonds. The zero-order chi connectivity index (χ0) is 26.9. The third-order valence-electron chi connectivity index (χ3n) is 5.96. The molecule has 0 saturated carbocycles. The van der Waals surface area contributed by atoms with Crippen LogP contribution in [0.15, 0.2) is 94.7 Å². The van der Waals surface area contributed by atoms with Gasteiger partial charge in [-0.3, -0.25) is 4.79 Å². The van der Waals surface area contributed by atoms with Crippen LogP contribution in [0.25, 0.3) is 39.5 Å². The van der Waals surface area contributed by atoms with Crippen molar-refractivity contribution in [3.8, 4) is 23.0 Å². The summed E-state index contributed by atoms with van der Waals surface area (Å²) in [5, 5.41) is 15.2. The second-order valence-corrected chi connectivity index (χ2v) is 10.8. The number of hydrogen-bond acceptors (Lipinski definition) is 6. The van der Waals surface area contributed by atoms with Crippen molar-refractivity contribution < 1.29 is 8.42 Å². The minimum Gasteiger partial charge on any atom is -0.305 e. The summed E-state index contributed by atoms with van der Waals surface area (Å²) < 4.78 is 27.9. The van der Waals surface area contributed by atoms with Crippen molar-refractivity contribution >= 4 is 32.6 Å². The first kappa shape index (κ1) is 24.8. The van der Waals surface area contributed by atoms with Gasteiger partial charge in [-0.15, -0.1) is 0 Å². The highest BCUT2D eigenvalue weighted by Crippen LogP contribution is 2.28. The van der Waals surface area contributed by atoms with Crippen molar-refractivity contribution in [1.82, 2.24) is 24.1 Å². The third-order valence-corrected chi connectivity index (χ3v) is 7.79. The second kappa shape index (κ2) is 9.89. The maximum atomic E-state index is 12.6. The Balaban J connectivity index is 1.66. The van der Waals surface area contributed by atoms with Crippen molar-refractivity contribution in [1.29, 1.82) is 5.26 Å². The largest absolute Gasteiger partial charge is 0.305 e. The molecule has 0 fully saturated rings. The second-order valence-electron chi connectivity index (χ2n) is 8.63. The fourth-order valence-corrected chi connectivity index (χ4v) is 4.85. The van der Waals surface area contributed by atoms with Crippen molar-refractivity contribution in [3.05, 3.63) is 107 Å². The number of para-hydroxylation sites is 2. The van der Waals surface area contributed by atoms with Crippen LogP contribution >= 0.6 is 0 Å². The van der Waals surface area contributed by atoms with Crippen molar-refractivity contribution in [2.75, 3.05) is 14.1 Å². The first-order valence-corrected chi connectivity index (χ1v) is 13.0. The van der Waals surface area contributed by atoms with Gasteiger partial charge in [-0.05, 0) is 42.5 Å². The summed E-state index contributed by atoms with van der Waals surface area (Å²) in [6.45, 7) is 0. The predicted molar refractivity (Wildman–Crippen MR) is 146 cm³/mol. The number of H-pyrrole nitrogens is 1. The summed E-state index contributed by atoms with van der Waals surface area (Å²) >= 11 is 0. The van der Waals surface area contributed by atoms with Gasteiger partial charge in [0, 0.05) is 31.4 Å². The van der Waals surface area contributed by atoms with Gasteiger partial charge >= 0.3 is 0 Å². The summed E-state index contributed by atoms with van der Waals surface area (Å²) in [5.74, 6) is 0.141. The SMILES string of the molecule is CN(C)S(=O)(=O)c1ccc(-c2nn(-c3ccccc3)cc2C=C(C#N)c2nc3ccccc3c(=O)[nH]2)cc1. The molecule has 0 unspecified atom stereocenters. The van der Waals surface area contributed by atoms with Crippen LogP contribution in [0.1, 0.15) is 11.4 Å². The standard InChI is InChI=1S/C28H22N6O3S/c1-33(2)38(36,37)23-14-12-19(13-15-23)26-21(18-34(32-26)22-8-4-3-5-9-22)16-20(17-29)27-30-25-11-7-6-10-24(25)28(35)31-27/h3-16,18H,1-2H3,(H,30,31,35). The van der Waals surface area contributed by atoms with E-state index in [1.165, 1.54) is 26.2 Å². The summed E-state index contributed by atoms with van der Waals surface area (Å²) in [6.07, 6.45) is 3.38. The molecular weight excluding hydrogens is 500 g/mol. The molecule has 5 aromatic rings. The van der Waals surface area contributed by atoms with E-state index in [0.717, 1.165) is 9.99 Å². The van der Waals surface area contributed by atoms with Crippen LogP contribution < -0.4 is 5.56 Å². The number of allylic oxidation sites excluding steroid dienone is 1. The lowest BCUT2D eigenvalue weighted by Crippen LogP contribution is -2.22. The van der Waals surface area contributed by atoms with Gasteiger partial charge in [0.2, 0.25) is 10.0 Å². The van der Waals surface area contributed by atoms with E-state index in [4.69, 9.17) is 5.10 Å². The van der Waals surface area contributed by atoms with E-state index in [0.29, 0.717) is 27.7 Å². The zero-order valence-corrected chi connectivity index (χ0v) is 21.3. The highest BCUT2D eigenvalue weighted by molar-refractivity contribution is 7.89. The summed E-state index contributed by atoms with van der Waals surface area (Å²) in [5.41, 5.74) is 2.85. The van der Waals surface area contributed by atoms with E-state index in [9.17, 15) is 18.5 Å². The van der Waals surface area contributed by atoms with Gasteiger partial charge in [0.1, 0.15) is 6.07 Å². The molecule has 38 heavy (non-hydrogen) atoms. The van der Waals surface area contributed by atoms with Crippen LogP contribution in [0.4, 0.5) is 0 Å². The number of hydrogen-bond donors (Lipinski definition) is 1. The number of benzene rings is 3. The first-order valence-electron chi connectivity index (χ1n) is 11.6. The van der Waals surface area contributed by atoms with Gasteiger partial charge in [-0.1, -0.05) is 42.5 Å². The van der Waals surface area contributed by atoms with Gasteiger partial charge in [-0.25, -0.2) is 22.4 Å². The minimum absolute atomic E-state index is 0.141. The summed E-state index contributed by atoms with van der Waals surface area (Å²) in [6, 6.07) is 24.9. The highest BCUT2D eigenvalue weighted by Gasteiger charge is 2.19. The lowest BCUT2D eigenvalue weighted by atomic mass is 10.1. The molecule has 0 spiro atoms. The lowest BCUT2D eigenvalue weighted by molar-refractivity contribution is 0.521. The Kier molecular flexibility index (Phi) is 6.46. The van der Waals surface area contributed by atoms with Gasteiger partial charge < -0.3 is 4.98 Å². The van der Waals surface area contributed by atoms with Crippen molar-refractivity contribution in [2.24, 2.45) is 0 Å². The number of nitriles is 1. The number of aromatic nitrogens is 4. The molecule has 9 nitrogen and oxygen atoms in total. The Morgan fingerprint density at radius 2 is 1.68 bits per heavy atom. The first-order chi connectivity index (χ1) is 18.3. The molecule has 2 aromatic heterocycles. The molecule has 1 N–H and O–H groups in total. The molecule has 2 heterocycles. The number of nitrogens with one attached hydrogen (secondary N) is 1. The highest BCUT2D eigenvalue weighted by atomic mass is 32.2. The molecule has 0 bridgehead atoms. The number of rotatable bonds is 6. The van der Waals surface area contributed by atoms with Gasteiger partial charge in [0.25, 0.3) is 5.56 Å². The van der Waals surface area contributed by atoms with Crippen LogP contribution in [0, 0.1) is 11.3 Å². The zero-order valence-electron chi connectivity index (χ0n) is 20.5. The topological polar surface area (TPSA) is 125 Å². The third kappa shape index (κ3) is 4.64.